The van der Waals surface area contributed by atoms with Crippen molar-refractivity contribution in [2.45, 2.75) is 0 Å². The molecule has 0 aliphatic carbocycles. The van der Waals surface area contributed by atoms with Crippen LogP contribution < -0.4 is 0 Å². The molecule has 0 atom stereocenters. The van der Waals surface area contributed by atoms with Gasteiger partial charge in [0, 0.05) is 27.7 Å². The molecule has 0 fully saturated rings. The number of nitrogens with zero attached hydrogens (tertiary/aromatic N) is 6. The molecule has 3 aromatic carbocycles. The second-order valence-electron chi connectivity index (χ2n) is 7.69. The molecule has 32 heavy (non-hydrogen) atoms. The van der Waals surface area contributed by atoms with E-state index in [-0.39, 0.29) is 0 Å². The van der Waals surface area contributed by atoms with E-state index < -0.39 is 0 Å². The van der Waals surface area contributed by atoms with Crippen LogP contribution in [0.3, 0.4) is 0 Å². The van der Waals surface area contributed by atoms with E-state index in [0.29, 0.717) is 5.95 Å². The van der Waals surface area contributed by atoms with Crippen LogP contribution in [0, 0.1) is 0 Å². The first-order valence-electron chi connectivity index (χ1n) is 10.4. The van der Waals surface area contributed by atoms with Crippen molar-refractivity contribution in [1.82, 2.24) is 29.1 Å². The molecule has 6 nitrogen and oxygen atoms in total. The molecule has 6 heteroatoms. The zero-order valence-corrected chi connectivity index (χ0v) is 16.9. The molecule has 0 amide bonds. The molecule has 0 saturated carbocycles. The summed E-state index contributed by atoms with van der Waals surface area (Å²) in [5.41, 5.74) is 4.36. The lowest BCUT2D eigenvalue weighted by molar-refractivity contribution is 0.939. The van der Waals surface area contributed by atoms with E-state index in [4.69, 9.17) is 4.98 Å². The van der Waals surface area contributed by atoms with Crippen molar-refractivity contribution in [3.63, 3.8) is 0 Å². The molecule has 7 rings (SSSR count). The van der Waals surface area contributed by atoms with Gasteiger partial charge in [-0.3, -0.25) is 9.13 Å². The molecule has 0 unspecified atom stereocenters. The van der Waals surface area contributed by atoms with Crippen LogP contribution in [0.25, 0.3) is 55.4 Å². The van der Waals surface area contributed by atoms with Gasteiger partial charge in [-0.25, -0.2) is 19.9 Å². The second-order valence-corrected chi connectivity index (χ2v) is 7.69. The number of pyridine rings is 1. The van der Waals surface area contributed by atoms with E-state index in [1.54, 1.807) is 0 Å². The van der Waals surface area contributed by atoms with E-state index in [1.807, 2.05) is 24.4 Å². The molecule has 0 spiro atoms. The Morgan fingerprint density at radius 3 is 2.03 bits per heavy atom. The summed E-state index contributed by atoms with van der Waals surface area (Å²) in [4.78, 5) is 17.6. The van der Waals surface area contributed by atoms with Gasteiger partial charge in [0.25, 0.3) is 0 Å². The lowest BCUT2D eigenvalue weighted by atomic mass is 10.1. The summed E-state index contributed by atoms with van der Waals surface area (Å²) in [6, 6.07) is 27.3. The minimum absolute atomic E-state index is 0.603. The molecule has 4 aromatic heterocycles. The lowest BCUT2D eigenvalue weighted by Crippen LogP contribution is -2.00. The molecule has 0 bridgehead atoms. The first-order valence-corrected chi connectivity index (χ1v) is 10.4. The number of hydrogen-bond donors (Lipinski definition) is 0. The molecular formula is C26H16N6. The molecule has 0 N–H and O–H groups in total. The zero-order valence-electron chi connectivity index (χ0n) is 16.9. The van der Waals surface area contributed by atoms with Crippen molar-refractivity contribution in [1.29, 1.82) is 0 Å². The fraction of sp³-hybridized carbons (Fsp3) is 0. The quantitative estimate of drug-likeness (QED) is 0.378. The minimum Gasteiger partial charge on any atom is -0.293 e. The largest absolute Gasteiger partial charge is 0.293 e. The van der Waals surface area contributed by atoms with Gasteiger partial charge >= 0.3 is 0 Å². The van der Waals surface area contributed by atoms with Crippen LogP contribution in [0.2, 0.25) is 0 Å². The molecule has 0 radical (unpaired) electrons. The van der Waals surface area contributed by atoms with Crippen molar-refractivity contribution in [2.75, 3.05) is 0 Å². The third kappa shape index (κ3) is 2.23. The Morgan fingerprint density at radius 1 is 0.531 bits per heavy atom. The highest BCUT2D eigenvalue weighted by Gasteiger charge is 2.21. The zero-order chi connectivity index (χ0) is 21.1. The van der Waals surface area contributed by atoms with Crippen LogP contribution in [0.15, 0.2) is 97.7 Å². The van der Waals surface area contributed by atoms with Gasteiger partial charge in [-0.15, -0.1) is 0 Å². The van der Waals surface area contributed by atoms with Gasteiger partial charge in [0.05, 0.1) is 22.1 Å². The molecule has 0 aliphatic rings. The van der Waals surface area contributed by atoms with E-state index >= 15 is 0 Å². The number of para-hydroxylation sites is 2. The fourth-order valence-electron chi connectivity index (χ4n) is 4.80. The van der Waals surface area contributed by atoms with Crippen LogP contribution in [-0.4, -0.2) is 29.1 Å². The summed E-state index contributed by atoms with van der Waals surface area (Å²) in [5, 5.41) is 4.69. The van der Waals surface area contributed by atoms with Crippen LogP contribution >= 0.6 is 0 Å². The predicted molar refractivity (Wildman–Crippen MR) is 126 cm³/mol. The molecule has 0 saturated heterocycles. The Kier molecular flexibility index (Phi) is 3.46. The Morgan fingerprint density at radius 2 is 1.25 bits per heavy atom. The maximum Gasteiger partial charge on any atom is 0.237 e. The highest BCUT2D eigenvalue weighted by atomic mass is 15.2. The molecular weight excluding hydrogens is 396 g/mol. The minimum atomic E-state index is 0.603. The Balaban J connectivity index is 1.77. The first-order chi connectivity index (χ1) is 15.9. The number of hydrogen-bond acceptors (Lipinski definition) is 4. The van der Waals surface area contributed by atoms with E-state index in [2.05, 4.69) is 84.7 Å². The summed E-state index contributed by atoms with van der Waals surface area (Å²) >= 11 is 0. The molecule has 7 aromatic rings. The first kappa shape index (κ1) is 17.1. The van der Waals surface area contributed by atoms with E-state index in [0.717, 1.165) is 38.7 Å². The van der Waals surface area contributed by atoms with Crippen LogP contribution in [0.4, 0.5) is 0 Å². The molecule has 4 heterocycles. The SMILES string of the molecule is c1ccc(-n2c3ccccc3c3ccc4c(c5ccccc5n4-c4ncncn4)c32)nc1. The Labute approximate surface area is 182 Å². The van der Waals surface area contributed by atoms with E-state index in [1.165, 1.54) is 23.4 Å². The monoisotopic (exact) mass is 412 g/mol. The third-order valence-corrected chi connectivity index (χ3v) is 6.03. The van der Waals surface area contributed by atoms with Crippen molar-refractivity contribution < 1.29 is 0 Å². The van der Waals surface area contributed by atoms with Gasteiger partial charge in [0.1, 0.15) is 18.5 Å². The van der Waals surface area contributed by atoms with Gasteiger partial charge in [-0.1, -0.05) is 48.5 Å². The summed E-state index contributed by atoms with van der Waals surface area (Å²) in [6.45, 7) is 0. The summed E-state index contributed by atoms with van der Waals surface area (Å²) in [5.74, 6) is 1.49. The van der Waals surface area contributed by atoms with Gasteiger partial charge in [0.2, 0.25) is 5.95 Å². The summed E-state index contributed by atoms with van der Waals surface area (Å²) in [7, 11) is 0. The maximum atomic E-state index is 4.70. The van der Waals surface area contributed by atoms with Crippen molar-refractivity contribution in [3.8, 4) is 11.8 Å². The topological polar surface area (TPSA) is 61.4 Å². The normalized spacial score (nSPS) is 11.8. The van der Waals surface area contributed by atoms with Gasteiger partial charge in [-0.2, -0.15) is 0 Å². The standard InChI is InChI=1S/C26H16N6/c1-3-9-20-17(7-1)18-12-13-22-24(25(18)32(20)23-11-5-6-14-28-23)19-8-2-4-10-21(19)31(22)26-29-15-27-16-30-26/h1-16H. The summed E-state index contributed by atoms with van der Waals surface area (Å²) in [6.07, 6.45) is 4.91. The Bertz CT molecular complexity index is 1760. The highest BCUT2D eigenvalue weighted by molar-refractivity contribution is 6.26. The lowest BCUT2D eigenvalue weighted by Gasteiger charge is -2.08. The second kappa shape index (κ2) is 6.46. The van der Waals surface area contributed by atoms with Gasteiger partial charge in [0.15, 0.2) is 0 Å². The number of aromatic nitrogens is 6. The fourth-order valence-corrected chi connectivity index (χ4v) is 4.80. The Hall–Kier alpha value is -4.58. The number of benzene rings is 3. The highest BCUT2D eigenvalue weighted by Crippen LogP contribution is 2.40. The average Bonchev–Trinajstić information content (AvgIpc) is 3.38. The third-order valence-electron chi connectivity index (χ3n) is 6.03. The van der Waals surface area contributed by atoms with Crippen LogP contribution in [-0.2, 0) is 0 Å². The van der Waals surface area contributed by atoms with E-state index in [9.17, 15) is 0 Å². The average molecular weight is 412 g/mol. The van der Waals surface area contributed by atoms with Crippen molar-refractivity contribution in [2.24, 2.45) is 0 Å². The van der Waals surface area contributed by atoms with Crippen LogP contribution in [0.5, 0.6) is 0 Å². The smallest absolute Gasteiger partial charge is 0.237 e. The molecule has 150 valence electrons. The number of rotatable bonds is 2. The number of fused-ring (bicyclic) bond motifs is 7. The van der Waals surface area contributed by atoms with Crippen molar-refractivity contribution >= 4 is 43.6 Å². The molecule has 0 aliphatic heterocycles. The summed E-state index contributed by atoms with van der Waals surface area (Å²) < 4.78 is 4.36. The van der Waals surface area contributed by atoms with Crippen LogP contribution in [0.1, 0.15) is 0 Å². The van der Waals surface area contributed by atoms with Gasteiger partial charge < -0.3 is 0 Å². The van der Waals surface area contributed by atoms with Crippen molar-refractivity contribution in [3.05, 3.63) is 97.7 Å². The maximum absolute atomic E-state index is 4.70. The van der Waals surface area contributed by atoms with Gasteiger partial charge in [-0.05, 0) is 30.3 Å². The predicted octanol–water partition coefficient (Wildman–Crippen LogP) is 5.46.